The van der Waals surface area contributed by atoms with E-state index in [0.717, 1.165) is 22.2 Å². The monoisotopic (exact) mass is 557 g/mol. The number of rotatable bonds is 5. The van der Waals surface area contributed by atoms with Crippen LogP contribution in [0.15, 0.2) is 61.2 Å². The summed E-state index contributed by atoms with van der Waals surface area (Å²) in [5.74, 6) is 0.214. The van der Waals surface area contributed by atoms with Gasteiger partial charge in [0.15, 0.2) is 5.82 Å². The molecule has 9 nitrogen and oxygen atoms in total. The number of nitrogens with zero attached hydrogens (tertiary/aromatic N) is 5. The van der Waals surface area contributed by atoms with Gasteiger partial charge in [0.1, 0.15) is 21.7 Å². The molecule has 0 aliphatic heterocycles. The van der Waals surface area contributed by atoms with Crippen LogP contribution in [0.5, 0.6) is 0 Å². The molecule has 0 spiro atoms. The number of aromatic amines is 1. The summed E-state index contributed by atoms with van der Waals surface area (Å²) in [4.78, 5) is 17.8. The smallest absolute Gasteiger partial charge is 0.409 e. The molecule has 0 bridgehead atoms. The van der Waals surface area contributed by atoms with Crippen LogP contribution >= 0.6 is 22.6 Å². The molecular formula is C22H17FIN7O2. The number of hydrogen-bond donors (Lipinski definition) is 3. The lowest BCUT2D eigenvalue weighted by molar-refractivity contribution is 0.209. The molecule has 1 amide bonds. The van der Waals surface area contributed by atoms with Gasteiger partial charge in [-0.3, -0.25) is 10.4 Å². The summed E-state index contributed by atoms with van der Waals surface area (Å²) in [5.41, 5.74) is 4.14. The average molecular weight is 557 g/mol. The number of alkyl halides is 1. The topological polar surface area (TPSA) is 111 Å². The maximum atomic E-state index is 14.1. The lowest BCUT2D eigenvalue weighted by Crippen LogP contribution is -2.22. The van der Waals surface area contributed by atoms with E-state index < -0.39 is 6.09 Å². The number of benzene rings is 2. The fraction of sp³-hybridized carbons (Fsp3) is 0.0909. The molecule has 0 saturated heterocycles. The highest BCUT2D eigenvalue weighted by Crippen LogP contribution is 2.42. The summed E-state index contributed by atoms with van der Waals surface area (Å²) in [6.07, 6.45) is 3.57. The van der Waals surface area contributed by atoms with Gasteiger partial charge in [0.25, 0.3) is 0 Å². The van der Waals surface area contributed by atoms with Crippen LogP contribution in [-0.4, -0.2) is 36.0 Å². The van der Waals surface area contributed by atoms with Crippen molar-refractivity contribution in [1.82, 2.24) is 24.8 Å². The lowest BCUT2D eigenvalue weighted by atomic mass is 10.1. The molecule has 0 fully saturated rings. The molecule has 0 aliphatic carbocycles. The second-order valence-corrected chi connectivity index (χ2v) is 8.56. The lowest BCUT2D eigenvalue weighted by Gasteiger charge is -2.30. The van der Waals surface area contributed by atoms with Crippen molar-refractivity contribution in [3.63, 3.8) is 0 Å². The molecule has 3 N–H and O–H groups in total. The third kappa shape index (κ3) is 3.84. The number of anilines is 3. The Morgan fingerprint density at radius 3 is 2.94 bits per heavy atom. The largest absolute Gasteiger partial charge is 0.465 e. The molecule has 0 aliphatic rings. The Balaban J connectivity index is 1.74. The fourth-order valence-electron chi connectivity index (χ4n) is 3.80. The molecular weight excluding hydrogens is 540 g/mol. The minimum Gasteiger partial charge on any atom is -0.465 e. The van der Waals surface area contributed by atoms with Crippen LogP contribution in [0, 0.1) is 12.7 Å². The van der Waals surface area contributed by atoms with Gasteiger partial charge in [0.05, 0.1) is 23.6 Å². The van der Waals surface area contributed by atoms with Crippen molar-refractivity contribution >= 4 is 62.3 Å². The Bertz CT molecular complexity index is 1500. The first kappa shape index (κ1) is 21.1. The highest BCUT2D eigenvalue weighted by molar-refractivity contribution is 14.1. The van der Waals surface area contributed by atoms with Crippen LogP contribution in [0.1, 0.15) is 15.2 Å². The van der Waals surface area contributed by atoms with Crippen LogP contribution in [0.3, 0.4) is 0 Å². The number of aromatic nitrogens is 5. The Labute approximate surface area is 200 Å². The zero-order valence-corrected chi connectivity index (χ0v) is 19.4. The van der Waals surface area contributed by atoms with Gasteiger partial charge >= 0.3 is 6.09 Å². The average Bonchev–Trinajstić information content (AvgIpc) is 3.38. The predicted molar refractivity (Wildman–Crippen MR) is 131 cm³/mol. The van der Waals surface area contributed by atoms with Crippen molar-refractivity contribution in [3.8, 4) is 0 Å². The van der Waals surface area contributed by atoms with Gasteiger partial charge in [-0.05, 0) is 42.8 Å². The Morgan fingerprint density at radius 2 is 2.15 bits per heavy atom. The number of aryl methyl sites for hydroxylation is 1. The van der Waals surface area contributed by atoms with Crippen molar-refractivity contribution < 1.29 is 14.3 Å². The number of carbonyl (C=O) groups is 1. The molecule has 5 aromatic rings. The molecule has 3 heterocycles. The predicted octanol–water partition coefficient (Wildman–Crippen LogP) is 5.41. The van der Waals surface area contributed by atoms with Gasteiger partial charge in [-0.25, -0.2) is 18.7 Å². The number of nitrogens with one attached hydrogen (secondary N) is 2. The van der Waals surface area contributed by atoms with E-state index in [2.05, 4.69) is 48.2 Å². The van der Waals surface area contributed by atoms with Crippen molar-refractivity contribution in [2.45, 2.75) is 11.0 Å². The summed E-state index contributed by atoms with van der Waals surface area (Å²) in [5, 5.41) is 23.8. The van der Waals surface area contributed by atoms with E-state index in [1.807, 2.05) is 29.2 Å². The van der Waals surface area contributed by atoms with Gasteiger partial charge in [-0.15, -0.1) is 0 Å². The number of H-pyrrole nitrogens is 1. The van der Waals surface area contributed by atoms with Crippen LogP contribution in [-0.2, 0) is 0 Å². The third-order valence-corrected chi connectivity index (χ3v) is 6.61. The van der Waals surface area contributed by atoms with E-state index >= 15 is 0 Å². The summed E-state index contributed by atoms with van der Waals surface area (Å²) in [7, 11) is 0. The Kier molecular flexibility index (Phi) is 5.32. The molecule has 33 heavy (non-hydrogen) atoms. The van der Waals surface area contributed by atoms with Gasteiger partial charge in [-0.1, -0.05) is 34.7 Å². The van der Waals surface area contributed by atoms with E-state index in [1.165, 1.54) is 18.5 Å². The third-order valence-electron chi connectivity index (χ3n) is 5.33. The zero-order valence-electron chi connectivity index (χ0n) is 17.2. The van der Waals surface area contributed by atoms with E-state index in [-0.39, 0.29) is 9.87 Å². The maximum absolute atomic E-state index is 14.1. The van der Waals surface area contributed by atoms with Crippen LogP contribution in [0.4, 0.5) is 26.4 Å². The standard InChI is InChI=1S/C22H17FIN7O2/c1-12-18(28-22(32)33)10-30-19(12)21(25-11-27-30)31(20(24)13-3-2-4-15(23)7-13)16-5-6-17-14(8-16)9-26-29-17/h2-11,20,28H,1H3,(H,26,29)(H,32,33). The van der Waals surface area contributed by atoms with Crippen LogP contribution in [0.2, 0.25) is 0 Å². The van der Waals surface area contributed by atoms with Crippen molar-refractivity contribution in [2.75, 3.05) is 10.2 Å². The zero-order chi connectivity index (χ0) is 23.1. The van der Waals surface area contributed by atoms with Crippen molar-refractivity contribution in [2.24, 2.45) is 0 Å². The number of fused-ring (bicyclic) bond motifs is 2. The first-order valence-electron chi connectivity index (χ1n) is 9.87. The highest BCUT2D eigenvalue weighted by Gasteiger charge is 2.26. The molecule has 1 unspecified atom stereocenters. The fourth-order valence-corrected chi connectivity index (χ4v) is 4.78. The second kappa shape index (κ2) is 8.31. The van der Waals surface area contributed by atoms with Crippen molar-refractivity contribution in [3.05, 3.63) is 78.1 Å². The molecule has 5 rings (SSSR count). The Morgan fingerprint density at radius 1 is 1.30 bits per heavy atom. The van der Waals surface area contributed by atoms with Crippen molar-refractivity contribution in [1.29, 1.82) is 0 Å². The molecule has 166 valence electrons. The molecule has 1 atom stereocenters. The summed E-state index contributed by atoms with van der Waals surface area (Å²) in [6.45, 7) is 1.80. The number of hydrogen-bond acceptors (Lipinski definition) is 5. The molecule has 0 saturated carbocycles. The van der Waals surface area contributed by atoms with E-state index in [4.69, 9.17) is 0 Å². The first-order chi connectivity index (χ1) is 15.9. The van der Waals surface area contributed by atoms with E-state index in [1.54, 1.807) is 29.9 Å². The van der Waals surface area contributed by atoms with Gasteiger partial charge in [0.2, 0.25) is 0 Å². The number of halogens is 2. The van der Waals surface area contributed by atoms with Crippen LogP contribution in [0.25, 0.3) is 16.4 Å². The first-order valence-corrected chi connectivity index (χ1v) is 11.1. The van der Waals surface area contributed by atoms with Gasteiger partial charge in [0, 0.05) is 16.6 Å². The van der Waals surface area contributed by atoms with Gasteiger partial charge < -0.3 is 10.0 Å². The van der Waals surface area contributed by atoms with E-state index in [0.29, 0.717) is 22.6 Å². The Hall–Kier alpha value is -3.74. The van der Waals surface area contributed by atoms with Crippen LogP contribution < -0.4 is 10.2 Å². The maximum Gasteiger partial charge on any atom is 0.409 e. The minimum atomic E-state index is -1.17. The summed E-state index contributed by atoms with van der Waals surface area (Å²) < 4.78 is 15.3. The summed E-state index contributed by atoms with van der Waals surface area (Å²) >= 11 is 2.24. The summed E-state index contributed by atoms with van der Waals surface area (Å²) in [6, 6.07) is 12.2. The number of carboxylic acid groups (broad SMARTS) is 1. The molecule has 11 heteroatoms. The molecule has 0 radical (unpaired) electrons. The SMILES string of the molecule is Cc1c(NC(=O)O)cn2ncnc(N(c3ccc4[nH]ncc4c3)C(I)c3cccc(F)c3)c12. The molecule has 3 aromatic heterocycles. The minimum absolute atomic E-state index is 0.334. The van der Waals surface area contributed by atoms with E-state index in [9.17, 15) is 14.3 Å². The normalized spacial score (nSPS) is 12.2. The number of amides is 1. The highest BCUT2D eigenvalue weighted by atomic mass is 127. The van der Waals surface area contributed by atoms with Gasteiger partial charge in [-0.2, -0.15) is 10.2 Å². The second-order valence-electron chi connectivity index (χ2n) is 7.38. The molecule has 2 aromatic carbocycles. The quantitative estimate of drug-likeness (QED) is 0.151.